The van der Waals surface area contributed by atoms with E-state index in [1.807, 2.05) is 0 Å². The Kier molecular flexibility index (Phi) is 6.33. The van der Waals surface area contributed by atoms with Crippen molar-refractivity contribution in [2.45, 2.75) is 38.4 Å². The van der Waals surface area contributed by atoms with E-state index in [0.29, 0.717) is 30.3 Å². The van der Waals surface area contributed by atoms with Crippen LogP contribution in [-0.2, 0) is 19.1 Å². The van der Waals surface area contributed by atoms with E-state index in [0.717, 1.165) is 38.4 Å². The molecule has 1 amide bonds. The van der Waals surface area contributed by atoms with Crippen molar-refractivity contribution in [2.75, 3.05) is 20.1 Å². The fourth-order valence-corrected chi connectivity index (χ4v) is 3.52. The minimum absolute atomic E-state index is 0.00982. The normalized spacial score (nSPS) is 18.2. The first-order valence-electron chi connectivity index (χ1n) is 9.28. The monoisotopic (exact) mass is 396 g/mol. The van der Waals surface area contributed by atoms with Crippen LogP contribution < -0.4 is 5.32 Å². The van der Waals surface area contributed by atoms with Crippen LogP contribution in [0.3, 0.4) is 0 Å². The summed E-state index contributed by atoms with van der Waals surface area (Å²) in [7, 11) is 1.50. The van der Waals surface area contributed by atoms with Crippen molar-refractivity contribution in [1.29, 1.82) is 0 Å². The lowest BCUT2D eigenvalue weighted by molar-refractivity contribution is -0.137. The van der Waals surface area contributed by atoms with E-state index in [-0.39, 0.29) is 5.82 Å². The number of rotatable bonds is 6. The van der Waals surface area contributed by atoms with Crippen LogP contribution in [0.15, 0.2) is 28.8 Å². The van der Waals surface area contributed by atoms with Gasteiger partial charge in [0.1, 0.15) is 0 Å². The van der Waals surface area contributed by atoms with Crippen molar-refractivity contribution in [3.05, 3.63) is 47.1 Å². The highest BCUT2D eigenvalue weighted by Crippen LogP contribution is 2.30. The molecule has 1 saturated heterocycles. The summed E-state index contributed by atoms with van der Waals surface area (Å²) in [5.74, 6) is 0.393. The van der Waals surface area contributed by atoms with Gasteiger partial charge in [0.05, 0.1) is 12.1 Å². The van der Waals surface area contributed by atoms with Crippen LogP contribution in [0.5, 0.6) is 0 Å². The molecule has 1 N–H and O–H groups in total. The zero-order valence-corrected chi connectivity index (χ0v) is 15.6. The SMILES string of the molecule is CNC(=O)c1noc(CN2CCC[C@H](CCc3cccc(C(F)(F)F)c3)C2)n1. The van der Waals surface area contributed by atoms with Crippen LogP contribution in [0.1, 0.15) is 46.9 Å². The molecule has 1 aromatic carbocycles. The molecular formula is C19H23F3N4O2. The second-order valence-corrected chi connectivity index (χ2v) is 7.07. The molecular weight excluding hydrogens is 373 g/mol. The van der Waals surface area contributed by atoms with Gasteiger partial charge in [-0.15, -0.1) is 0 Å². The summed E-state index contributed by atoms with van der Waals surface area (Å²) in [6, 6.07) is 5.54. The summed E-state index contributed by atoms with van der Waals surface area (Å²) >= 11 is 0. The number of halogens is 3. The number of likely N-dealkylation sites (tertiary alicyclic amines) is 1. The molecule has 0 saturated carbocycles. The smallest absolute Gasteiger partial charge is 0.352 e. The maximum Gasteiger partial charge on any atom is 0.416 e. The lowest BCUT2D eigenvalue weighted by Gasteiger charge is -2.31. The molecule has 0 unspecified atom stereocenters. The first-order valence-corrected chi connectivity index (χ1v) is 9.28. The minimum atomic E-state index is -4.31. The standard InChI is InChI=1S/C19H23F3N4O2/c1-23-18(27)17-24-16(28-25-17)12-26-9-3-5-14(11-26)8-7-13-4-2-6-15(10-13)19(20,21)22/h2,4,6,10,14H,3,5,7-9,11-12H2,1H3,(H,23,27)/t14-/m1/s1. The van der Waals surface area contributed by atoms with Crippen LogP contribution in [0.4, 0.5) is 13.2 Å². The van der Waals surface area contributed by atoms with E-state index in [1.54, 1.807) is 6.07 Å². The van der Waals surface area contributed by atoms with E-state index in [4.69, 9.17) is 4.52 Å². The second-order valence-electron chi connectivity index (χ2n) is 7.07. The Morgan fingerprint density at radius 2 is 2.21 bits per heavy atom. The Hall–Kier alpha value is -2.42. The number of nitrogens with one attached hydrogen (secondary N) is 1. The third-order valence-corrected chi connectivity index (χ3v) is 4.96. The lowest BCUT2D eigenvalue weighted by Crippen LogP contribution is -2.35. The Morgan fingerprint density at radius 3 is 2.96 bits per heavy atom. The summed E-state index contributed by atoms with van der Waals surface area (Å²) in [5.41, 5.74) is 0.109. The fourth-order valence-electron chi connectivity index (χ4n) is 3.52. The molecule has 0 bridgehead atoms. The van der Waals surface area contributed by atoms with Crippen molar-refractivity contribution in [1.82, 2.24) is 20.4 Å². The predicted octanol–water partition coefficient (Wildman–Crippen LogP) is 3.29. The molecule has 0 spiro atoms. The number of aryl methyl sites for hydroxylation is 1. The van der Waals surface area contributed by atoms with Gasteiger partial charge in [-0.2, -0.15) is 18.2 Å². The number of carbonyl (C=O) groups excluding carboxylic acids is 1. The lowest BCUT2D eigenvalue weighted by atomic mass is 9.91. The third-order valence-electron chi connectivity index (χ3n) is 4.96. The van der Waals surface area contributed by atoms with Crippen LogP contribution in [0.25, 0.3) is 0 Å². The van der Waals surface area contributed by atoms with Crippen LogP contribution >= 0.6 is 0 Å². The van der Waals surface area contributed by atoms with Gasteiger partial charge in [0.15, 0.2) is 0 Å². The first-order chi connectivity index (χ1) is 13.3. The number of nitrogens with zero attached hydrogens (tertiary/aromatic N) is 3. The maximum absolute atomic E-state index is 12.8. The van der Waals surface area contributed by atoms with Crippen LogP contribution in [-0.4, -0.2) is 41.1 Å². The second kappa shape index (κ2) is 8.72. The first kappa shape index (κ1) is 20.3. The summed E-state index contributed by atoms with van der Waals surface area (Å²) < 4.78 is 43.7. The number of piperidine rings is 1. The predicted molar refractivity (Wildman–Crippen MR) is 95.5 cm³/mol. The molecule has 2 aromatic rings. The molecule has 1 fully saturated rings. The highest BCUT2D eigenvalue weighted by Gasteiger charge is 2.30. The van der Waals surface area contributed by atoms with Crippen molar-refractivity contribution in [3.8, 4) is 0 Å². The molecule has 152 valence electrons. The maximum atomic E-state index is 12.8. The molecule has 0 aliphatic carbocycles. The summed E-state index contributed by atoms with van der Waals surface area (Å²) in [4.78, 5) is 17.8. The van der Waals surface area contributed by atoms with Gasteiger partial charge in [-0.3, -0.25) is 9.69 Å². The number of alkyl halides is 3. The van der Waals surface area contributed by atoms with Gasteiger partial charge in [-0.1, -0.05) is 23.4 Å². The minimum Gasteiger partial charge on any atom is -0.352 e. The Labute approximate surface area is 161 Å². The van der Waals surface area contributed by atoms with E-state index in [2.05, 4.69) is 20.4 Å². The van der Waals surface area contributed by atoms with E-state index < -0.39 is 17.6 Å². The molecule has 3 rings (SSSR count). The number of hydrogen-bond acceptors (Lipinski definition) is 5. The molecule has 6 nitrogen and oxygen atoms in total. The summed E-state index contributed by atoms with van der Waals surface area (Å²) in [5, 5.41) is 6.10. The number of aromatic nitrogens is 2. The largest absolute Gasteiger partial charge is 0.416 e. The molecule has 1 atom stereocenters. The molecule has 1 aromatic heterocycles. The average molecular weight is 396 g/mol. The highest BCUT2D eigenvalue weighted by atomic mass is 19.4. The summed E-state index contributed by atoms with van der Waals surface area (Å²) in [6.07, 6.45) is -0.823. The van der Waals surface area contributed by atoms with E-state index in [1.165, 1.54) is 19.2 Å². The molecule has 9 heteroatoms. The average Bonchev–Trinajstić information content (AvgIpc) is 3.14. The topological polar surface area (TPSA) is 71.3 Å². The van der Waals surface area contributed by atoms with Crippen molar-refractivity contribution in [2.24, 2.45) is 5.92 Å². The Morgan fingerprint density at radius 1 is 1.39 bits per heavy atom. The number of hydrogen-bond donors (Lipinski definition) is 1. The molecule has 2 heterocycles. The highest BCUT2D eigenvalue weighted by molar-refractivity contribution is 5.89. The van der Waals surface area contributed by atoms with Crippen molar-refractivity contribution < 1.29 is 22.5 Å². The van der Waals surface area contributed by atoms with Gasteiger partial charge >= 0.3 is 6.18 Å². The zero-order chi connectivity index (χ0) is 20.1. The quantitative estimate of drug-likeness (QED) is 0.811. The number of carbonyl (C=O) groups is 1. The van der Waals surface area contributed by atoms with Gasteiger partial charge < -0.3 is 9.84 Å². The van der Waals surface area contributed by atoms with Gasteiger partial charge in [-0.25, -0.2) is 0 Å². The number of benzene rings is 1. The summed E-state index contributed by atoms with van der Waals surface area (Å²) in [6.45, 7) is 2.17. The van der Waals surface area contributed by atoms with E-state index in [9.17, 15) is 18.0 Å². The van der Waals surface area contributed by atoms with Crippen LogP contribution in [0, 0.1) is 5.92 Å². The molecule has 1 aliphatic rings. The van der Waals surface area contributed by atoms with Gasteiger partial charge in [0.25, 0.3) is 11.7 Å². The van der Waals surface area contributed by atoms with Gasteiger partial charge in [0.2, 0.25) is 5.89 Å². The van der Waals surface area contributed by atoms with Gasteiger partial charge in [0, 0.05) is 13.6 Å². The molecule has 1 aliphatic heterocycles. The Balaban J connectivity index is 1.52. The Bertz CT molecular complexity index is 806. The van der Waals surface area contributed by atoms with Gasteiger partial charge in [-0.05, 0) is 49.8 Å². The zero-order valence-electron chi connectivity index (χ0n) is 15.6. The van der Waals surface area contributed by atoms with E-state index >= 15 is 0 Å². The van der Waals surface area contributed by atoms with Crippen LogP contribution in [0.2, 0.25) is 0 Å². The van der Waals surface area contributed by atoms with Crippen molar-refractivity contribution >= 4 is 5.91 Å². The number of amides is 1. The van der Waals surface area contributed by atoms with Crippen molar-refractivity contribution in [3.63, 3.8) is 0 Å². The molecule has 0 radical (unpaired) electrons. The fraction of sp³-hybridized carbons (Fsp3) is 0.526. The molecule has 28 heavy (non-hydrogen) atoms. The third kappa shape index (κ3) is 5.31.